The minimum atomic E-state index is -0.236. The van der Waals surface area contributed by atoms with E-state index >= 15 is 0 Å². The van der Waals surface area contributed by atoms with Gasteiger partial charge in [0.2, 0.25) is 5.91 Å². The lowest BCUT2D eigenvalue weighted by atomic mass is 10.2. The highest BCUT2D eigenvalue weighted by Crippen LogP contribution is 2.16. The van der Waals surface area contributed by atoms with E-state index in [0.29, 0.717) is 32.4 Å². The number of hydrogen-bond donors (Lipinski definition) is 2. The molecule has 0 radical (unpaired) electrons. The van der Waals surface area contributed by atoms with E-state index in [4.69, 9.17) is 0 Å². The summed E-state index contributed by atoms with van der Waals surface area (Å²) in [5, 5.41) is 8.60. The fourth-order valence-corrected chi connectivity index (χ4v) is 2.24. The van der Waals surface area contributed by atoms with E-state index in [0.717, 1.165) is 17.2 Å². The highest BCUT2D eigenvalue weighted by molar-refractivity contribution is 7.13. The van der Waals surface area contributed by atoms with E-state index in [1.54, 1.807) is 0 Å². The second kappa shape index (κ2) is 9.30. The summed E-state index contributed by atoms with van der Waals surface area (Å²) in [6.45, 7) is 3.29. The standard InChI is InChI=1S/C13H21N3O3S/c1-3-7-14-11(17)6-8-15-13-16-10(9-20-13)4-5-12(18)19-2/h9H,3-8H2,1-2H3,(H,14,17)(H,15,16). The van der Waals surface area contributed by atoms with Gasteiger partial charge >= 0.3 is 5.97 Å². The average molecular weight is 299 g/mol. The number of ether oxygens (including phenoxy) is 1. The van der Waals surface area contributed by atoms with Crippen LogP contribution in [-0.2, 0) is 20.7 Å². The summed E-state index contributed by atoms with van der Waals surface area (Å²) in [6.07, 6.45) is 2.27. The van der Waals surface area contributed by atoms with Crippen LogP contribution in [0.2, 0.25) is 0 Å². The van der Waals surface area contributed by atoms with Crippen molar-refractivity contribution >= 4 is 28.3 Å². The van der Waals surface area contributed by atoms with Crippen LogP contribution in [0.3, 0.4) is 0 Å². The topological polar surface area (TPSA) is 80.3 Å². The number of carbonyl (C=O) groups is 2. The van der Waals surface area contributed by atoms with Crippen LogP contribution >= 0.6 is 11.3 Å². The van der Waals surface area contributed by atoms with Gasteiger partial charge in [-0.05, 0) is 6.42 Å². The van der Waals surface area contributed by atoms with Gasteiger partial charge in [0.1, 0.15) is 0 Å². The molecule has 0 aliphatic heterocycles. The molecule has 1 aromatic rings. The quantitative estimate of drug-likeness (QED) is 0.677. The third-order valence-electron chi connectivity index (χ3n) is 2.57. The molecule has 1 amide bonds. The van der Waals surface area contributed by atoms with Gasteiger partial charge < -0.3 is 15.4 Å². The van der Waals surface area contributed by atoms with Crippen LogP contribution in [0.25, 0.3) is 0 Å². The zero-order valence-electron chi connectivity index (χ0n) is 11.9. The van der Waals surface area contributed by atoms with Crippen LogP contribution in [0.5, 0.6) is 0 Å². The van der Waals surface area contributed by atoms with Crippen LogP contribution < -0.4 is 10.6 Å². The maximum atomic E-state index is 11.4. The minimum Gasteiger partial charge on any atom is -0.469 e. The maximum absolute atomic E-state index is 11.4. The Kier molecular flexibility index (Phi) is 7.64. The molecule has 0 saturated heterocycles. The van der Waals surface area contributed by atoms with Crippen LogP contribution in [0.1, 0.15) is 31.9 Å². The Bertz CT molecular complexity index is 434. The molecule has 0 bridgehead atoms. The van der Waals surface area contributed by atoms with Gasteiger partial charge in [0.05, 0.1) is 19.2 Å². The van der Waals surface area contributed by atoms with Gasteiger partial charge in [-0.2, -0.15) is 0 Å². The Morgan fingerprint density at radius 2 is 2.15 bits per heavy atom. The van der Waals surface area contributed by atoms with Gasteiger partial charge in [-0.15, -0.1) is 11.3 Å². The maximum Gasteiger partial charge on any atom is 0.305 e. The normalized spacial score (nSPS) is 10.1. The molecule has 0 atom stereocenters. The fourth-order valence-electron chi connectivity index (χ4n) is 1.47. The zero-order valence-corrected chi connectivity index (χ0v) is 12.7. The van der Waals surface area contributed by atoms with Crippen molar-refractivity contribution in [2.75, 3.05) is 25.5 Å². The molecule has 0 aliphatic rings. The molecule has 7 heteroatoms. The molecule has 6 nitrogen and oxygen atoms in total. The molecule has 1 heterocycles. The lowest BCUT2D eigenvalue weighted by Crippen LogP contribution is -2.25. The van der Waals surface area contributed by atoms with E-state index < -0.39 is 0 Å². The molecular formula is C13H21N3O3S. The summed E-state index contributed by atoms with van der Waals surface area (Å²) in [4.78, 5) is 26.8. The summed E-state index contributed by atoms with van der Waals surface area (Å²) < 4.78 is 4.58. The van der Waals surface area contributed by atoms with Gasteiger partial charge in [-0.25, -0.2) is 4.98 Å². The molecule has 2 N–H and O–H groups in total. The van der Waals surface area contributed by atoms with Crippen LogP contribution in [0.15, 0.2) is 5.38 Å². The average Bonchev–Trinajstić information content (AvgIpc) is 2.90. The van der Waals surface area contributed by atoms with E-state index in [1.165, 1.54) is 18.4 Å². The smallest absolute Gasteiger partial charge is 0.305 e. The Labute approximate surface area is 122 Å². The molecule has 0 saturated carbocycles. The highest BCUT2D eigenvalue weighted by Gasteiger charge is 2.06. The molecule has 1 rings (SSSR count). The summed E-state index contributed by atoms with van der Waals surface area (Å²) >= 11 is 1.47. The lowest BCUT2D eigenvalue weighted by molar-refractivity contribution is -0.140. The lowest BCUT2D eigenvalue weighted by Gasteiger charge is -2.04. The minimum absolute atomic E-state index is 0.0434. The van der Waals surface area contributed by atoms with E-state index in [2.05, 4.69) is 20.4 Å². The van der Waals surface area contributed by atoms with Crippen molar-refractivity contribution in [2.24, 2.45) is 0 Å². The highest BCUT2D eigenvalue weighted by atomic mass is 32.1. The molecule has 0 aromatic carbocycles. The van der Waals surface area contributed by atoms with E-state index in [9.17, 15) is 9.59 Å². The number of carbonyl (C=O) groups excluding carboxylic acids is 2. The molecule has 0 unspecified atom stereocenters. The number of nitrogens with zero attached hydrogens (tertiary/aromatic N) is 1. The Balaban J connectivity index is 2.23. The van der Waals surface area contributed by atoms with Crippen molar-refractivity contribution in [3.63, 3.8) is 0 Å². The Morgan fingerprint density at radius 3 is 2.85 bits per heavy atom. The SMILES string of the molecule is CCCNC(=O)CCNc1nc(CCC(=O)OC)cs1. The van der Waals surface area contributed by atoms with Crippen molar-refractivity contribution < 1.29 is 14.3 Å². The van der Waals surface area contributed by atoms with Crippen molar-refractivity contribution in [3.8, 4) is 0 Å². The van der Waals surface area contributed by atoms with E-state index in [-0.39, 0.29) is 11.9 Å². The molecule has 0 fully saturated rings. The first-order chi connectivity index (χ1) is 9.65. The second-order valence-electron chi connectivity index (χ2n) is 4.25. The number of esters is 1. The third kappa shape index (κ3) is 6.51. The summed E-state index contributed by atoms with van der Waals surface area (Å²) in [6, 6.07) is 0. The van der Waals surface area contributed by atoms with Crippen LogP contribution in [0.4, 0.5) is 5.13 Å². The van der Waals surface area contributed by atoms with Gasteiger partial charge in [0.15, 0.2) is 5.13 Å². The first-order valence-corrected chi connectivity index (χ1v) is 7.55. The largest absolute Gasteiger partial charge is 0.469 e. The summed E-state index contributed by atoms with van der Waals surface area (Å²) in [7, 11) is 1.37. The van der Waals surface area contributed by atoms with Gasteiger partial charge in [0.25, 0.3) is 0 Å². The van der Waals surface area contributed by atoms with Crippen molar-refractivity contribution in [1.82, 2.24) is 10.3 Å². The molecule has 0 aliphatic carbocycles. The van der Waals surface area contributed by atoms with Crippen molar-refractivity contribution in [3.05, 3.63) is 11.1 Å². The number of hydrogen-bond acceptors (Lipinski definition) is 6. The summed E-state index contributed by atoms with van der Waals surface area (Å²) in [5.41, 5.74) is 0.860. The number of thiazole rings is 1. The van der Waals surface area contributed by atoms with Crippen molar-refractivity contribution in [2.45, 2.75) is 32.6 Å². The second-order valence-corrected chi connectivity index (χ2v) is 5.10. The summed E-state index contributed by atoms with van der Waals surface area (Å²) in [5.74, 6) is -0.193. The van der Waals surface area contributed by atoms with Gasteiger partial charge in [0, 0.05) is 31.3 Å². The predicted octanol–water partition coefficient (Wildman–Crippen LogP) is 1.58. The first-order valence-electron chi connectivity index (χ1n) is 6.67. The molecule has 0 spiro atoms. The number of aromatic nitrogens is 1. The molecule has 20 heavy (non-hydrogen) atoms. The number of rotatable bonds is 9. The van der Waals surface area contributed by atoms with Gasteiger partial charge in [-0.1, -0.05) is 6.92 Å². The molecular weight excluding hydrogens is 278 g/mol. The van der Waals surface area contributed by atoms with Crippen LogP contribution in [-0.4, -0.2) is 37.1 Å². The number of nitrogens with one attached hydrogen (secondary N) is 2. The Morgan fingerprint density at radius 1 is 1.35 bits per heavy atom. The predicted molar refractivity (Wildman–Crippen MR) is 78.9 cm³/mol. The van der Waals surface area contributed by atoms with Gasteiger partial charge in [-0.3, -0.25) is 9.59 Å². The van der Waals surface area contributed by atoms with E-state index in [1.807, 2.05) is 12.3 Å². The Hall–Kier alpha value is -1.63. The first kappa shape index (κ1) is 16.4. The third-order valence-corrected chi connectivity index (χ3v) is 3.41. The van der Waals surface area contributed by atoms with Crippen LogP contribution in [0, 0.1) is 0 Å². The van der Waals surface area contributed by atoms with Crippen molar-refractivity contribution in [1.29, 1.82) is 0 Å². The zero-order chi connectivity index (χ0) is 14.8. The molecule has 1 aromatic heterocycles. The number of aryl methyl sites for hydroxylation is 1. The fraction of sp³-hybridized carbons (Fsp3) is 0.615. The monoisotopic (exact) mass is 299 g/mol. The number of amides is 1. The molecule has 112 valence electrons. The number of methoxy groups -OCH3 is 1. The number of anilines is 1.